The van der Waals surface area contributed by atoms with Crippen LogP contribution in [0.2, 0.25) is 0 Å². The lowest BCUT2D eigenvalue weighted by atomic mass is 10.0. The van der Waals surface area contributed by atoms with E-state index in [2.05, 4.69) is 28.8 Å². The van der Waals surface area contributed by atoms with Gasteiger partial charge in [0.2, 0.25) is 0 Å². The molecule has 2 aromatic rings. The van der Waals surface area contributed by atoms with Gasteiger partial charge in [0.25, 0.3) is 15.9 Å². The molecule has 0 bridgehead atoms. The molecule has 2 aromatic carbocycles. The van der Waals surface area contributed by atoms with E-state index in [1.807, 2.05) is 29.2 Å². The van der Waals surface area contributed by atoms with Gasteiger partial charge in [0.05, 0.1) is 16.3 Å². The van der Waals surface area contributed by atoms with Gasteiger partial charge in [-0.3, -0.25) is 9.52 Å². The predicted octanol–water partition coefficient (Wildman–Crippen LogP) is 4.75. The molecular formula is C29H39F3N4O5S. The zero-order valence-corrected chi connectivity index (χ0v) is 24.7. The highest BCUT2D eigenvalue weighted by molar-refractivity contribution is 7.92. The second kappa shape index (κ2) is 14.7. The van der Waals surface area contributed by atoms with E-state index in [0.29, 0.717) is 17.2 Å². The molecule has 2 heterocycles. The molecule has 1 amide bonds. The number of anilines is 2. The number of likely N-dealkylation sites (tertiary alicyclic amines) is 1. The number of sulfonamides is 1. The monoisotopic (exact) mass is 612 g/mol. The van der Waals surface area contributed by atoms with Gasteiger partial charge in [-0.05, 0) is 61.1 Å². The Bertz CT molecular complexity index is 1300. The molecule has 0 spiro atoms. The third-order valence-electron chi connectivity index (χ3n) is 6.96. The van der Waals surface area contributed by atoms with Crippen LogP contribution in [0.1, 0.15) is 55.5 Å². The van der Waals surface area contributed by atoms with Gasteiger partial charge in [0.15, 0.2) is 0 Å². The number of nitrogens with zero attached hydrogens (tertiary/aromatic N) is 2. The van der Waals surface area contributed by atoms with Gasteiger partial charge in [-0.15, -0.1) is 0 Å². The molecule has 0 atom stereocenters. The fraction of sp³-hybridized carbons (Fsp3) is 0.517. The van der Waals surface area contributed by atoms with Crippen LogP contribution in [0.15, 0.2) is 47.4 Å². The van der Waals surface area contributed by atoms with Crippen molar-refractivity contribution in [2.75, 3.05) is 48.9 Å². The number of benzene rings is 2. The molecule has 2 fully saturated rings. The molecule has 42 heavy (non-hydrogen) atoms. The summed E-state index contributed by atoms with van der Waals surface area (Å²) >= 11 is 0. The quantitative estimate of drug-likeness (QED) is 0.413. The average molecular weight is 613 g/mol. The molecule has 0 radical (unpaired) electrons. The molecule has 0 aromatic heterocycles. The fourth-order valence-corrected chi connectivity index (χ4v) is 5.93. The number of hydrogen-bond acceptors (Lipinski definition) is 6. The van der Waals surface area contributed by atoms with Crippen molar-refractivity contribution >= 4 is 33.3 Å². The smallest absolute Gasteiger partial charge is 0.475 e. The van der Waals surface area contributed by atoms with Crippen molar-refractivity contribution in [3.63, 3.8) is 0 Å². The Morgan fingerprint density at radius 3 is 2.05 bits per heavy atom. The second-order valence-corrected chi connectivity index (χ2v) is 12.5. The van der Waals surface area contributed by atoms with Crippen molar-refractivity contribution in [1.29, 1.82) is 0 Å². The summed E-state index contributed by atoms with van der Waals surface area (Å²) in [6.07, 6.45) is 0.134. The summed E-state index contributed by atoms with van der Waals surface area (Å²) in [6.45, 7) is 9.00. The van der Waals surface area contributed by atoms with E-state index in [0.717, 1.165) is 82.6 Å². The lowest BCUT2D eigenvalue weighted by molar-refractivity contribution is -0.192. The summed E-state index contributed by atoms with van der Waals surface area (Å²) in [5.74, 6) is -2.29. The average Bonchev–Trinajstić information content (AvgIpc) is 3.22. The number of piperazine rings is 1. The van der Waals surface area contributed by atoms with Gasteiger partial charge < -0.3 is 20.2 Å². The van der Waals surface area contributed by atoms with Crippen LogP contribution in [0.5, 0.6) is 0 Å². The number of nitrogens with one attached hydrogen (secondary N) is 2. The Balaban J connectivity index is 0.000000616. The first kappa shape index (κ1) is 33.2. The molecule has 4 rings (SSSR count). The Hall–Kier alpha value is -3.32. The van der Waals surface area contributed by atoms with E-state index in [4.69, 9.17) is 9.90 Å². The van der Waals surface area contributed by atoms with Gasteiger partial charge in [0.1, 0.15) is 0 Å². The number of halogens is 3. The maximum Gasteiger partial charge on any atom is 0.490 e. The maximum absolute atomic E-state index is 13.4. The normalized spacial score (nSPS) is 16.3. The molecule has 0 saturated carbocycles. The van der Waals surface area contributed by atoms with Crippen LogP contribution in [0.4, 0.5) is 24.5 Å². The van der Waals surface area contributed by atoms with E-state index >= 15 is 0 Å². The minimum absolute atomic E-state index is 0.0303. The molecule has 13 heteroatoms. The van der Waals surface area contributed by atoms with Crippen molar-refractivity contribution in [2.45, 2.75) is 57.0 Å². The largest absolute Gasteiger partial charge is 0.490 e. The molecule has 232 valence electrons. The highest BCUT2D eigenvalue weighted by Gasteiger charge is 2.38. The number of aliphatic carboxylic acids is 1. The second-order valence-electron chi connectivity index (χ2n) is 10.8. The standard InChI is InChI=1S/C27H38N4O3S.C2HF3O2/c1-21(2)19-22-7-10-24(11-8-22)35(33,34)29-25-20-23(27(32)31-15-5-3-4-6-16-31)9-12-26(25)30-17-13-28-14-18-30;3-2(4,5)1(6)7/h7-12,20-21,28-29H,3-6,13-19H2,1-2H3;(H,6,7). The van der Waals surface area contributed by atoms with Crippen LogP contribution < -0.4 is 14.9 Å². The number of carbonyl (C=O) groups is 2. The topological polar surface area (TPSA) is 119 Å². The number of carbonyl (C=O) groups excluding carboxylic acids is 1. The Labute approximate surface area is 245 Å². The molecular weight excluding hydrogens is 573 g/mol. The van der Waals surface area contributed by atoms with Crippen molar-refractivity contribution in [2.24, 2.45) is 5.92 Å². The summed E-state index contributed by atoms with van der Waals surface area (Å²) in [5, 5.41) is 10.5. The first-order valence-corrected chi connectivity index (χ1v) is 15.6. The van der Waals surface area contributed by atoms with E-state index in [9.17, 15) is 26.4 Å². The van der Waals surface area contributed by atoms with Crippen LogP contribution in [0.25, 0.3) is 0 Å². The number of hydrogen-bond donors (Lipinski definition) is 3. The van der Waals surface area contributed by atoms with Crippen LogP contribution in [0, 0.1) is 5.92 Å². The van der Waals surface area contributed by atoms with Gasteiger partial charge >= 0.3 is 12.1 Å². The lowest BCUT2D eigenvalue weighted by Gasteiger charge is -2.31. The van der Waals surface area contributed by atoms with E-state index in [-0.39, 0.29) is 10.8 Å². The zero-order chi connectivity index (χ0) is 30.9. The van der Waals surface area contributed by atoms with E-state index in [1.165, 1.54) is 0 Å². The predicted molar refractivity (Wildman–Crippen MR) is 155 cm³/mol. The fourth-order valence-electron chi connectivity index (χ4n) is 4.87. The van der Waals surface area contributed by atoms with Crippen molar-refractivity contribution < 1.29 is 36.3 Å². The lowest BCUT2D eigenvalue weighted by Crippen LogP contribution is -2.43. The number of carboxylic acids is 1. The molecule has 9 nitrogen and oxygen atoms in total. The molecule has 0 unspecified atom stereocenters. The molecule has 2 aliphatic heterocycles. The number of carboxylic acid groups (broad SMARTS) is 1. The van der Waals surface area contributed by atoms with Crippen molar-refractivity contribution in [3.8, 4) is 0 Å². The van der Waals surface area contributed by atoms with Crippen LogP contribution in [-0.2, 0) is 21.2 Å². The molecule has 2 saturated heterocycles. The highest BCUT2D eigenvalue weighted by Crippen LogP contribution is 2.31. The maximum atomic E-state index is 13.4. The summed E-state index contributed by atoms with van der Waals surface area (Å²) in [6, 6.07) is 12.5. The number of rotatable bonds is 7. The summed E-state index contributed by atoms with van der Waals surface area (Å²) in [5.41, 5.74) is 2.90. The molecule has 2 aliphatic rings. The van der Waals surface area contributed by atoms with Crippen LogP contribution in [-0.4, -0.2) is 75.7 Å². The minimum atomic E-state index is -5.08. The summed E-state index contributed by atoms with van der Waals surface area (Å²) in [7, 11) is -3.81. The Kier molecular flexibility index (Phi) is 11.6. The van der Waals surface area contributed by atoms with Gasteiger partial charge in [-0.25, -0.2) is 13.2 Å². The zero-order valence-electron chi connectivity index (χ0n) is 23.9. The molecule has 3 N–H and O–H groups in total. The van der Waals surface area contributed by atoms with Crippen molar-refractivity contribution in [3.05, 3.63) is 53.6 Å². The Morgan fingerprint density at radius 1 is 0.952 bits per heavy atom. The first-order chi connectivity index (χ1) is 19.8. The summed E-state index contributed by atoms with van der Waals surface area (Å²) in [4.78, 5) is 26.5. The summed E-state index contributed by atoms with van der Waals surface area (Å²) < 4.78 is 61.3. The van der Waals surface area contributed by atoms with E-state index < -0.39 is 22.2 Å². The van der Waals surface area contributed by atoms with Gasteiger partial charge in [-0.1, -0.05) is 38.8 Å². The number of alkyl halides is 3. The minimum Gasteiger partial charge on any atom is -0.475 e. The van der Waals surface area contributed by atoms with Crippen LogP contribution >= 0.6 is 0 Å². The van der Waals surface area contributed by atoms with E-state index in [1.54, 1.807) is 18.2 Å². The van der Waals surface area contributed by atoms with Gasteiger partial charge in [0, 0.05) is 44.8 Å². The molecule has 0 aliphatic carbocycles. The van der Waals surface area contributed by atoms with Gasteiger partial charge in [-0.2, -0.15) is 13.2 Å². The third-order valence-corrected chi connectivity index (χ3v) is 8.34. The van der Waals surface area contributed by atoms with Crippen molar-refractivity contribution in [1.82, 2.24) is 10.2 Å². The third kappa shape index (κ3) is 9.62. The SMILES string of the molecule is CC(C)Cc1ccc(S(=O)(=O)Nc2cc(C(=O)N3CCCCCC3)ccc2N2CCNCC2)cc1.O=C(O)C(F)(F)F. The van der Waals surface area contributed by atoms with Crippen LogP contribution in [0.3, 0.4) is 0 Å². The Morgan fingerprint density at radius 2 is 1.52 bits per heavy atom. The highest BCUT2D eigenvalue weighted by atomic mass is 32.2. The number of amides is 1. The first-order valence-electron chi connectivity index (χ1n) is 14.1.